The molecule has 8 heteroatoms. The molecule has 0 bridgehead atoms. The molecule has 2 aromatic rings. The highest BCUT2D eigenvalue weighted by molar-refractivity contribution is 8.18. The number of hydrogen-bond donors (Lipinski definition) is 1. The van der Waals surface area contributed by atoms with Crippen molar-refractivity contribution < 1.29 is 9.72 Å². The summed E-state index contributed by atoms with van der Waals surface area (Å²) >= 11 is 1.17. The summed E-state index contributed by atoms with van der Waals surface area (Å²) in [5.74, 6) is 0.191. The van der Waals surface area contributed by atoms with E-state index >= 15 is 0 Å². The zero-order valence-electron chi connectivity index (χ0n) is 15.3. The molecular formula is C20H18N4O3S. The van der Waals surface area contributed by atoms with Crippen LogP contribution in [0.25, 0.3) is 6.08 Å². The van der Waals surface area contributed by atoms with E-state index in [4.69, 9.17) is 0 Å². The van der Waals surface area contributed by atoms with Crippen LogP contribution in [0.5, 0.6) is 0 Å². The molecule has 1 aliphatic rings. The topological polar surface area (TPSA) is 97.0 Å². The number of hydrogen-bond acceptors (Lipinski definition) is 6. The second-order valence-corrected chi connectivity index (χ2v) is 7.42. The van der Waals surface area contributed by atoms with Crippen LogP contribution in [0.1, 0.15) is 36.5 Å². The number of nitro groups is 1. The van der Waals surface area contributed by atoms with E-state index in [2.05, 4.69) is 41.5 Å². The molecule has 1 N–H and O–H groups in total. The van der Waals surface area contributed by atoms with Crippen LogP contribution in [0.15, 0.2) is 63.6 Å². The zero-order chi connectivity index (χ0) is 20.1. The Bertz CT molecular complexity index is 978. The maximum Gasteiger partial charge on any atom is 0.269 e. The average Bonchev–Trinajstić information content (AvgIpc) is 3.02. The molecule has 1 fully saturated rings. The second-order valence-electron chi connectivity index (χ2n) is 6.38. The van der Waals surface area contributed by atoms with Crippen LogP contribution >= 0.6 is 11.8 Å². The van der Waals surface area contributed by atoms with Crippen LogP contribution in [0.3, 0.4) is 0 Å². The first-order chi connectivity index (χ1) is 13.4. The first-order valence-electron chi connectivity index (χ1n) is 8.59. The van der Waals surface area contributed by atoms with Gasteiger partial charge < -0.3 is 0 Å². The number of thioether (sulfide) groups is 1. The van der Waals surface area contributed by atoms with E-state index in [0.717, 1.165) is 5.56 Å². The summed E-state index contributed by atoms with van der Waals surface area (Å²) in [5, 5.41) is 21.8. The van der Waals surface area contributed by atoms with Gasteiger partial charge in [-0.05, 0) is 52.6 Å². The molecule has 0 aliphatic carbocycles. The minimum Gasteiger partial charge on any atom is -0.299 e. The molecule has 0 saturated carbocycles. The average molecular weight is 394 g/mol. The van der Waals surface area contributed by atoms with Crippen molar-refractivity contribution in [1.29, 1.82) is 0 Å². The lowest BCUT2D eigenvalue weighted by molar-refractivity contribution is -0.384. The Kier molecular flexibility index (Phi) is 6.00. The summed E-state index contributed by atoms with van der Waals surface area (Å²) in [6.45, 7) is 4.27. The number of nitrogens with one attached hydrogen (secondary N) is 1. The van der Waals surface area contributed by atoms with Crippen molar-refractivity contribution in [3.8, 4) is 0 Å². The molecule has 3 rings (SSSR count). The van der Waals surface area contributed by atoms with Gasteiger partial charge in [0.25, 0.3) is 11.6 Å². The minimum atomic E-state index is -0.465. The fourth-order valence-corrected chi connectivity index (χ4v) is 3.21. The van der Waals surface area contributed by atoms with Crippen molar-refractivity contribution in [3.05, 3.63) is 80.2 Å². The summed E-state index contributed by atoms with van der Waals surface area (Å²) in [6.07, 6.45) is 3.28. The SMILES string of the molecule is CC(C)c1ccc(C=NN=C2NC(=O)/C(=C/c3ccc([N+](=O)[O-])cc3)S2)cc1. The molecule has 7 nitrogen and oxygen atoms in total. The summed E-state index contributed by atoms with van der Waals surface area (Å²) in [4.78, 5) is 22.7. The third-order valence-electron chi connectivity index (χ3n) is 4.01. The maximum atomic E-state index is 12.1. The summed E-state index contributed by atoms with van der Waals surface area (Å²) in [5.41, 5.74) is 2.87. The van der Waals surface area contributed by atoms with E-state index in [-0.39, 0.29) is 11.6 Å². The van der Waals surface area contributed by atoms with Gasteiger partial charge in [-0.1, -0.05) is 38.1 Å². The first kappa shape index (κ1) is 19.5. The van der Waals surface area contributed by atoms with Crippen LogP contribution in [-0.2, 0) is 4.79 Å². The van der Waals surface area contributed by atoms with E-state index < -0.39 is 4.92 Å². The van der Waals surface area contributed by atoms with Crippen molar-refractivity contribution in [1.82, 2.24) is 5.32 Å². The van der Waals surface area contributed by atoms with Crippen LogP contribution < -0.4 is 5.32 Å². The van der Waals surface area contributed by atoms with Gasteiger partial charge in [-0.25, -0.2) is 0 Å². The van der Waals surface area contributed by atoms with Gasteiger partial charge in [0.15, 0.2) is 5.17 Å². The molecule has 2 aromatic carbocycles. The fraction of sp³-hybridized carbons (Fsp3) is 0.150. The monoisotopic (exact) mass is 394 g/mol. The van der Waals surface area contributed by atoms with Crippen molar-refractivity contribution in [2.24, 2.45) is 10.2 Å². The maximum absolute atomic E-state index is 12.1. The molecule has 1 heterocycles. The van der Waals surface area contributed by atoms with Crippen molar-refractivity contribution in [2.45, 2.75) is 19.8 Å². The summed E-state index contributed by atoms with van der Waals surface area (Å²) in [6, 6.07) is 14.0. The Labute approximate surface area is 166 Å². The highest BCUT2D eigenvalue weighted by Crippen LogP contribution is 2.26. The Morgan fingerprint density at radius 1 is 1.07 bits per heavy atom. The molecule has 0 aromatic heterocycles. The van der Waals surface area contributed by atoms with E-state index in [9.17, 15) is 14.9 Å². The Balaban J connectivity index is 1.66. The van der Waals surface area contributed by atoms with Gasteiger partial charge in [-0.2, -0.15) is 5.10 Å². The fourth-order valence-electron chi connectivity index (χ4n) is 2.43. The van der Waals surface area contributed by atoms with Gasteiger partial charge in [-0.3, -0.25) is 20.2 Å². The van der Waals surface area contributed by atoms with Crippen LogP contribution in [0.2, 0.25) is 0 Å². The standard InChI is InChI=1S/C20H18N4O3S/c1-13(2)16-7-3-15(4-8-16)12-21-23-20-22-19(25)18(28-20)11-14-5-9-17(10-6-14)24(26)27/h3-13H,1-2H3,(H,22,23,25)/b18-11-,21-12?. The number of amidine groups is 1. The lowest BCUT2D eigenvalue weighted by Crippen LogP contribution is -2.19. The quantitative estimate of drug-likeness (QED) is 0.354. The number of amides is 1. The number of carbonyl (C=O) groups excluding carboxylic acids is 1. The van der Waals surface area contributed by atoms with E-state index in [1.807, 2.05) is 12.1 Å². The van der Waals surface area contributed by atoms with Gasteiger partial charge in [-0.15, -0.1) is 5.10 Å². The highest BCUT2D eigenvalue weighted by atomic mass is 32.2. The molecular weight excluding hydrogens is 376 g/mol. The normalized spacial score (nSPS) is 17.0. The van der Waals surface area contributed by atoms with Crippen LogP contribution in [0.4, 0.5) is 5.69 Å². The number of nitro benzene ring substituents is 1. The summed E-state index contributed by atoms with van der Waals surface area (Å²) < 4.78 is 0. The largest absolute Gasteiger partial charge is 0.299 e. The number of carbonyl (C=O) groups is 1. The number of nitrogens with zero attached hydrogens (tertiary/aromatic N) is 3. The molecule has 0 atom stereocenters. The lowest BCUT2D eigenvalue weighted by Gasteiger charge is -2.03. The highest BCUT2D eigenvalue weighted by Gasteiger charge is 2.23. The Morgan fingerprint density at radius 3 is 2.32 bits per heavy atom. The van der Waals surface area contributed by atoms with E-state index in [1.54, 1.807) is 24.4 Å². The van der Waals surface area contributed by atoms with Crippen molar-refractivity contribution >= 4 is 40.8 Å². The smallest absolute Gasteiger partial charge is 0.269 e. The van der Waals surface area contributed by atoms with Crippen LogP contribution in [0, 0.1) is 10.1 Å². The molecule has 0 radical (unpaired) electrons. The van der Waals surface area contributed by atoms with Crippen LogP contribution in [-0.4, -0.2) is 22.2 Å². The molecule has 142 valence electrons. The minimum absolute atomic E-state index is 0.00342. The van der Waals surface area contributed by atoms with Gasteiger partial charge in [0.2, 0.25) is 0 Å². The van der Waals surface area contributed by atoms with Gasteiger partial charge in [0.05, 0.1) is 16.0 Å². The predicted octanol–water partition coefficient (Wildman–Crippen LogP) is 4.31. The summed E-state index contributed by atoms with van der Waals surface area (Å²) in [7, 11) is 0. The Morgan fingerprint density at radius 2 is 1.71 bits per heavy atom. The van der Waals surface area contributed by atoms with Crippen molar-refractivity contribution in [2.75, 3.05) is 0 Å². The molecule has 1 saturated heterocycles. The molecule has 1 amide bonds. The van der Waals surface area contributed by atoms with E-state index in [1.165, 1.54) is 29.5 Å². The predicted molar refractivity (Wildman–Crippen MR) is 112 cm³/mol. The number of benzene rings is 2. The molecule has 1 aliphatic heterocycles. The number of rotatable bonds is 5. The number of non-ortho nitro benzene ring substituents is 1. The van der Waals surface area contributed by atoms with Gasteiger partial charge >= 0.3 is 0 Å². The van der Waals surface area contributed by atoms with Gasteiger partial charge in [0.1, 0.15) is 0 Å². The Hall–Kier alpha value is -3.26. The molecule has 28 heavy (non-hydrogen) atoms. The van der Waals surface area contributed by atoms with E-state index in [0.29, 0.717) is 21.6 Å². The third-order valence-corrected chi connectivity index (χ3v) is 4.91. The molecule has 0 unspecified atom stereocenters. The zero-order valence-corrected chi connectivity index (χ0v) is 16.1. The molecule has 0 spiro atoms. The second kappa shape index (κ2) is 8.62. The first-order valence-corrected chi connectivity index (χ1v) is 9.40. The lowest BCUT2D eigenvalue weighted by atomic mass is 10.0. The third kappa shape index (κ3) is 4.92. The van der Waals surface area contributed by atoms with Gasteiger partial charge in [0, 0.05) is 12.1 Å². The van der Waals surface area contributed by atoms with Crippen molar-refractivity contribution in [3.63, 3.8) is 0 Å².